The van der Waals surface area contributed by atoms with Crippen LogP contribution in [0.4, 0.5) is 5.69 Å². The Kier molecular flexibility index (Phi) is 4.15. The van der Waals surface area contributed by atoms with Crippen LogP contribution in [0.3, 0.4) is 0 Å². The minimum absolute atomic E-state index is 0.633. The zero-order chi connectivity index (χ0) is 13.0. The van der Waals surface area contributed by atoms with Crippen molar-refractivity contribution in [1.82, 2.24) is 0 Å². The number of nitrogens with two attached hydrogens (primary N) is 1. The third-order valence-electron chi connectivity index (χ3n) is 2.88. The lowest BCUT2D eigenvalue weighted by Crippen LogP contribution is -2.04. The van der Waals surface area contributed by atoms with Crippen LogP contribution in [0.2, 0.25) is 0 Å². The van der Waals surface area contributed by atoms with E-state index < -0.39 is 10.8 Å². The molecule has 2 nitrogen and oxygen atoms in total. The number of benzene rings is 2. The topological polar surface area (TPSA) is 43.1 Å². The molecule has 0 heterocycles. The molecule has 0 aliphatic carbocycles. The zero-order valence-corrected chi connectivity index (χ0v) is 11.2. The van der Waals surface area contributed by atoms with Gasteiger partial charge in [0.25, 0.3) is 0 Å². The Morgan fingerprint density at radius 3 is 2.56 bits per heavy atom. The summed E-state index contributed by atoms with van der Waals surface area (Å²) in [4.78, 5) is 0.853. The van der Waals surface area contributed by atoms with Gasteiger partial charge in [-0.25, -0.2) is 0 Å². The first-order valence-corrected chi connectivity index (χ1v) is 7.27. The molecule has 0 aliphatic rings. The quantitative estimate of drug-likeness (QED) is 0.858. The fourth-order valence-electron chi connectivity index (χ4n) is 1.83. The van der Waals surface area contributed by atoms with Crippen LogP contribution in [0.5, 0.6) is 0 Å². The van der Waals surface area contributed by atoms with Gasteiger partial charge in [0.2, 0.25) is 0 Å². The van der Waals surface area contributed by atoms with Gasteiger partial charge in [-0.15, -0.1) is 0 Å². The van der Waals surface area contributed by atoms with Crippen LogP contribution < -0.4 is 5.73 Å². The molecule has 0 spiro atoms. The summed E-state index contributed by atoms with van der Waals surface area (Å²) < 4.78 is 12.2. The van der Waals surface area contributed by atoms with Crippen molar-refractivity contribution in [1.29, 1.82) is 0 Å². The number of nitrogen functional groups attached to an aromatic ring is 1. The van der Waals surface area contributed by atoms with E-state index in [0.717, 1.165) is 16.9 Å². The predicted molar refractivity (Wildman–Crippen MR) is 77.0 cm³/mol. The second kappa shape index (κ2) is 5.83. The molecule has 0 aromatic heterocycles. The van der Waals surface area contributed by atoms with Gasteiger partial charge in [-0.2, -0.15) is 0 Å². The van der Waals surface area contributed by atoms with E-state index in [-0.39, 0.29) is 0 Å². The van der Waals surface area contributed by atoms with Crippen LogP contribution in [0.15, 0.2) is 53.4 Å². The first kappa shape index (κ1) is 12.8. The Balaban J connectivity index is 2.06. The largest absolute Gasteiger partial charge is 0.399 e. The summed E-state index contributed by atoms with van der Waals surface area (Å²) in [5.41, 5.74) is 8.66. The van der Waals surface area contributed by atoms with E-state index in [2.05, 4.69) is 12.1 Å². The van der Waals surface area contributed by atoms with E-state index in [4.69, 9.17) is 5.73 Å². The summed E-state index contributed by atoms with van der Waals surface area (Å²) in [5.74, 6) is 0.633. The molecule has 0 amide bonds. The third kappa shape index (κ3) is 3.20. The maximum Gasteiger partial charge on any atom is 0.0536 e. The van der Waals surface area contributed by atoms with Gasteiger partial charge in [0.1, 0.15) is 0 Å². The summed E-state index contributed by atoms with van der Waals surface area (Å²) in [6.07, 6.45) is 0.821. The van der Waals surface area contributed by atoms with E-state index in [1.165, 1.54) is 5.56 Å². The minimum Gasteiger partial charge on any atom is -0.399 e. The van der Waals surface area contributed by atoms with Crippen molar-refractivity contribution < 1.29 is 4.21 Å². The molecule has 1 unspecified atom stereocenters. The van der Waals surface area contributed by atoms with Gasteiger partial charge in [-0.1, -0.05) is 36.4 Å². The van der Waals surface area contributed by atoms with Gasteiger partial charge >= 0.3 is 0 Å². The van der Waals surface area contributed by atoms with Crippen LogP contribution in [-0.2, 0) is 17.2 Å². The van der Waals surface area contributed by atoms with Crippen molar-refractivity contribution in [3.8, 4) is 0 Å². The van der Waals surface area contributed by atoms with Crippen LogP contribution in [0.25, 0.3) is 0 Å². The summed E-state index contributed by atoms with van der Waals surface area (Å²) in [6, 6.07) is 15.7. The highest BCUT2D eigenvalue weighted by Gasteiger charge is 2.08. The maximum absolute atomic E-state index is 12.2. The SMILES string of the molecule is Cc1ccc(N)cc1S(=O)CCc1ccccc1. The number of rotatable bonds is 4. The minimum atomic E-state index is -0.986. The molecular formula is C15H17NOS. The molecule has 2 N–H and O–H groups in total. The fraction of sp³-hybridized carbons (Fsp3) is 0.200. The molecule has 0 aliphatic heterocycles. The first-order valence-electron chi connectivity index (χ1n) is 5.95. The molecule has 2 aromatic carbocycles. The van der Waals surface area contributed by atoms with E-state index in [0.29, 0.717) is 11.4 Å². The lowest BCUT2D eigenvalue weighted by Gasteiger charge is -2.07. The van der Waals surface area contributed by atoms with Gasteiger partial charge in [0.15, 0.2) is 0 Å². The molecular weight excluding hydrogens is 242 g/mol. The smallest absolute Gasteiger partial charge is 0.0536 e. The van der Waals surface area contributed by atoms with E-state index >= 15 is 0 Å². The molecule has 0 fully saturated rings. The molecule has 0 saturated heterocycles. The van der Waals surface area contributed by atoms with E-state index in [1.54, 1.807) is 0 Å². The second-order valence-electron chi connectivity index (χ2n) is 4.31. The standard InChI is InChI=1S/C15H17NOS/c1-12-7-8-14(16)11-15(12)18(17)10-9-13-5-3-2-4-6-13/h2-8,11H,9-10,16H2,1H3. The molecule has 1 atom stereocenters. The Morgan fingerprint density at radius 1 is 1.11 bits per heavy atom. The molecule has 0 bridgehead atoms. The molecule has 0 radical (unpaired) electrons. The van der Waals surface area contributed by atoms with Crippen molar-refractivity contribution in [2.75, 3.05) is 11.5 Å². The highest BCUT2D eigenvalue weighted by atomic mass is 32.2. The summed E-state index contributed by atoms with van der Waals surface area (Å²) in [7, 11) is -0.986. The highest BCUT2D eigenvalue weighted by Crippen LogP contribution is 2.17. The lowest BCUT2D eigenvalue weighted by molar-refractivity contribution is 0.682. The molecule has 3 heteroatoms. The lowest BCUT2D eigenvalue weighted by atomic mass is 10.2. The van der Waals surface area contributed by atoms with Crippen LogP contribution in [0, 0.1) is 6.92 Å². The third-order valence-corrected chi connectivity index (χ3v) is 4.38. The van der Waals surface area contributed by atoms with Crippen molar-refractivity contribution in [3.05, 3.63) is 59.7 Å². The Morgan fingerprint density at radius 2 is 1.83 bits per heavy atom. The number of hydrogen-bond acceptors (Lipinski definition) is 2. The molecule has 94 valence electrons. The van der Waals surface area contributed by atoms with Gasteiger partial charge in [-0.05, 0) is 36.6 Å². The Bertz CT molecular complexity index is 552. The molecule has 18 heavy (non-hydrogen) atoms. The molecule has 0 saturated carbocycles. The Labute approximate surface area is 110 Å². The van der Waals surface area contributed by atoms with Gasteiger partial charge in [0.05, 0.1) is 10.8 Å². The first-order chi connectivity index (χ1) is 8.66. The van der Waals surface area contributed by atoms with Gasteiger partial charge in [0, 0.05) is 16.3 Å². The van der Waals surface area contributed by atoms with Gasteiger partial charge in [-0.3, -0.25) is 4.21 Å². The normalized spacial score (nSPS) is 12.3. The second-order valence-corrected chi connectivity index (χ2v) is 5.85. The molecule has 2 rings (SSSR count). The number of aryl methyl sites for hydroxylation is 2. The molecule has 2 aromatic rings. The highest BCUT2D eigenvalue weighted by molar-refractivity contribution is 7.85. The van der Waals surface area contributed by atoms with Crippen LogP contribution in [-0.4, -0.2) is 9.96 Å². The zero-order valence-electron chi connectivity index (χ0n) is 10.4. The van der Waals surface area contributed by atoms with Crippen molar-refractivity contribution in [2.24, 2.45) is 0 Å². The van der Waals surface area contributed by atoms with Crippen molar-refractivity contribution in [3.63, 3.8) is 0 Å². The fourth-order valence-corrected chi connectivity index (χ4v) is 3.16. The monoisotopic (exact) mass is 259 g/mol. The maximum atomic E-state index is 12.2. The van der Waals surface area contributed by atoms with Crippen LogP contribution >= 0.6 is 0 Å². The summed E-state index contributed by atoms with van der Waals surface area (Å²) in [5, 5.41) is 0. The average molecular weight is 259 g/mol. The van der Waals surface area contributed by atoms with Crippen molar-refractivity contribution >= 4 is 16.5 Å². The number of anilines is 1. The average Bonchev–Trinajstić information content (AvgIpc) is 2.40. The predicted octanol–water partition coefficient (Wildman–Crippen LogP) is 2.93. The Hall–Kier alpha value is -1.61. The van der Waals surface area contributed by atoms with E-state index in [1.807, 2.05) is 43.3 Å². The number of hydrogen-bond donors (Lipinski definition) is 1. The van der Waals surface area contributed by atoms with Gasteiger partial charge < -0.3 is 5.73 Å². The summed E-state index contributed by atoms with van der Waals surface area (Å²) >= 11 is 0. The van der Waals surface area contributed by atoms with E-state index in [9.17, 15) is 4.21 Å². The summed E-state index contributed by atoms with van der Waals surface area (Å²) in [6.45, 7) is 1.97. The van der Waals surface area contributed by atoms with Crippen molar-refractivity contribution in [2.45, 2.75) is 18.2 Å². The van der Waals surface area contributed by atoms with Crippen LogP contribution in [0.1, 0.15) is 11.1 Å².